The highest BCUT2D eigenvalue weighted by atomic mass is 32.2. The second-order valence-corrected chi connectivity index (χ2v) is 10.1. The number of benzene rings is 2. The highest BCUT2D eigenvalue weighted by Crippen LogP contribution is 2.26. The molecule has 2 aromatic carbocycles. The lowest BCUT2D eigenvalue weighted by Crippen LogP contribution is -2.30. The average Bonchev–Trinajstić information content (AvgIpc) is 3.16. The van der Waals surface area contributed by atoms with Crippen molar-refractivity contribution in [3.05, 3.63) is 60.2 Å². The molecule has 152 valence electrons. The second kappa shape index (κ2) is 9.38. The van der Waals surface area contributed by atoms with Crippen molar-refractivity contribution >= 4 is 49.8 Å². The van der Waals surface area contributed by atoms with Gasteiger partial charge in [-0.25, -0.2) is 8.42 Å². The summed E-state index contributed by atoms with van der Waals surface area (Å²) in [5.74, 6) is 0.423. The number of hydrogen-bond acceptors (Lipinski definition) is 7. The zero-order chi connectivity index (χ0) is 20.9. The first-order valence-electron chi connectivity index (χ1n) is 8.91. The number of nitrogens with one attached hydrogen (secondary N) is 1. The Morgan fingerprint density at radius 3 is 2.55 bits per heavy atom. The van der Waals surface area contributed by atoms with Gasteiger partial charge >= 0.3 is 0 Å². The maximum Gasteiger partial charge on any atom is 0.264 e. The molecule has 7 nitrogen and oxygen atoms in total. The van der Waals surface area contributed by atoms with Gasteiger partial charge in [0.1, 0.15) is 0 Å². The number of carbonyl (C=O) groups excluding carboxylic acids is 1. The Bertz CT molecular complexity index is 1080. The maximum absolute atomic E-state index is 13.1. The molecule has 1 heterocycles. The lowest BCUT2D eigenvalue weighted by atomic mass is 10.2. The van der Waals surface area contributed by atoms with E-state index in [2.05, 4.69) is 15.5 Å². The Morgan fingerprint density at radius 1 is 1.10 bits per heavy atom. The minimum atomic E-state index is -3.81. The molecule has 0 aliphatic heterocycles. The van der Waals surface area contributed by atoms with E-state index in [9.17, 15) is 13.2 Å². The van der Waals surface area contributed by atoms with Gasteiger partial charge in [0, 0.05) is 12.1 Å². The molecule has 0 saturated heterocycles. The first-order chi connectivity index (χ1) is 14.0. The zero-order valence-corrected chi connectivity index (χ0v) is 18.4. The Morgan fingerprint density at radius 2 is 1.86 bits per heavy atom. The van der Waals surface area contributed by atoms with Crippen molar-refractivity contribution < 1.29 is 13.2 Å². The molecule has 0 spiro atoms. The summed E-state index contributed by atoms with van der Waals surface area (Å²) >= 11 is 2.82. The minimum absolute atomic E-state index is 0.0512. The molecular formula is C19H20N4O3S3. The molecule has 0 aliphatic rings. The monoisotopic (exact) mass is 448 g/mol. The van der Waals surface area contributed by atoms with Crippen molar-refractivity contribution in [2.24, 2.45) is 0 Å². The molecule has 0 fully saturated rings. The van der Waals surface area contributed by atoms with Gasteiger partial charge in [0.25, 0.3) is 15.9 Å². The van der Waals surface area contributed by atoms with E-state index in [0.29, 0.717) is 10.8 Å². The highest BCUT2D eigenvalue weighted by Gasteiger charge is 2.24. The van der Waals surface area contributed by atoms with Crippen LogP contribution in [0.1, 0.15) is 24.2 Å². The van der Waals surface area contributed by atoms with Crippen LogP contribution in [0.3, 0.4) is 0 Å². The number of sulfonamides is 1. The molecule has 0 bridgehead atoms. The number of hydrogen-bond donors (Lipinski definition) is 1. The first-order valence-corrected chi connectivity index (χ1v) is 12.2. The highest BCUT2D eigenvalue weighted by molar-refractivity contribution is 8.01. The number of amides is 1. The molecule has 3 aromatic rings. The summed E-state index contributed by atoms with van der Waals surface area (Å²) in [6, 6.07) is 14.8. The fourth-order valence-corrected chi connectivity index (χ4v) is 5.79. The third-order valence-electron chi connectivity index (χ3n) is 3.91. The van der Waals surface area contributed by atoms with Crippen LogP contribution in [-0.2, 0) is 10.0 Å². The van der Waals surface area contributed by atoms with Gasteiger partial charge in [-0.15, -0.1) is 10.2 Å². The van der Waals surface area contributed by atoms with Crippen LogP contribution < -0.4 is 9.62 Å². The molecule has 29 heavy (non-hydrogen) atoms. The van der Waals surface area contributed by atoms with Crippen molar-refractivity contribution in [3.63, 3.8) is 0 Å². The van der Waals surface area contributed by atoms with Crippen molar-refractivity contribution in [1.82, 2.24) is 10.2 Å². The number of anilines is 2. The van der Waals surface area contributed by atoms with E-state index >= 15 is 0 Å². The molecule has 0 unspecified atom stereocenters. The van der Waals surface area contributed by atoms with Gasteiger partial charge in [-0.2, -0.15) is 0 Å². The second-order valence-electron chi connectivity index (χ2n) is 5.79. The fraction of sp³-hybridized carbons (Fsp3) is 0.211. The molecule has 0 atom stereocenters. The van der Waals surface area contributed by atoms with Gasteiger partial charge in [0.15, 0.2) is 4.34 Å². The van der Waals surface area contributed by atoms with Crippen molar-refractivity contribution in [1.29, 1.82) is 0 Å². The third-order valence-corrected chi connectivity index (χ3v) is 7.66. The largest absolute Gasteiger partial charge is 0.296 e. The van der Waals surface area contributed by atoms with Gasteiger partial charge in [-0.05, 0) is 43.0 Å². The van der Waals surface area contributed by atoms with E-state index in [1.165, 1.54) is 39.5 Å². The van der Waals surface area contributed by atoms with Gasteiger partial charge in [0.05, 0.1) is 10.6 Å². The van der Waals surface area contributed by atoms with Crippen LogP contribution in [0.4, 0.5) is 10.8 Å². The summed E-state index contributed by atoms with van der Waals surface area (Å²) < 4.78 is 28.4. The molecule has 1 N–H and O–H groups in total. The lowest BCUT2D eigenvalue weighted by molar-refractivity contribution is 0.102. The van der Waals surface area contributed by atoms with Crippen molar-refractivity contribution in [2.45, 2.75) is 23.1 Å². The van der Waals surface area contributed by atoms with E-state index in [1.807, 2.05) is 13.0 Å². The average molecular weight is 449 g/mol. The van der Waals surface area contributed by atoms with E-state index in [0.717, 1.165) is 10.1 Å². The zero-order valence-electron chi connectivity index (χ0n) is 15.9. The summed E-state index contributed by atoms with van der Waals surface area (Å²) in [4.78, 5) is 12.6. The molecule has 0 saturated carbocycles. The molecule has 0 radical (unpaired) electrons. The Labute approximate surface area is 178 Å². The van der Waals surface area contributed by atoms with E-state index in [-0.39, 0.29) is 17.0 Å². The van der Waals surface area contributed by atoms with Crippen molar-refractivity contribution in [2.75, 3.05) is 21.9 Å². The number of para-hydroxylation sites is 1. The summed E-state index contributed by atoms with van der Waals surface area (Å²) in [7, 11) is -3.81. The summed E-state index contributed by atoms with van der Waals surface area (Å²) in [5.41, 5.74) is 0.801. The Hall–Kier alpha value is -2.43. The summed E-state index contributed by atoms with van der Waals surface area (Å²) in [5, 5.41) is 11.0. The number of thioether (sulfide) groups is 1. The smallest absolute Gasteiger partial charge is 0.264 e. The van der Waals surface area contributed by atoms with Gasteiger partial charge in [-0.3, -0.25) is 14.4 Å². The van der Waals surface area contributed by atoms with Crippen LogP contribution in [0.25, 0.3) is 0 Å². The lowest BCUT2D eigenvalue weighted by Gasteiger charge is -2.23. The molecule has 1 aromatic heterocycles. The van der Waals surface area contributed by atoms with Gasteiger partial charge < -0.3 is 0 Å². The van der Waals surface area contributed by atoms with Crippen LogP contribution in [0, 0.1) is 0 Å². The molecule has 1 amide bonds. The predicted octanol–water partition coefficient (Wildman–Crippen LogP) is 4.12. The molecule has 3 rings (SSSR count). The SMILES string of the molecule is CCSc1nnc(NC(=O)c2cccc(S(=O)(=O)N(CC)c3ccccc3)c2)s1. The minimum Gasteiger partial charge on any atom is -0.296 e. The van der Waals surface area contributed by atoms with Crippen LogP contribution in [0.5, 0.6) is 0 Å². The number of carbonyl (C=O) groups is 1. The van der Waals surface area contributed by atoms with Crippen LogP contribution in [0.2, 0.25) is 0 Å². The quantitative estimate of drug-likeness (QED) is 0.412. The van der Waals surface area contributed by atoms with E-state index in [1.54, 1.807) is 43.3 Å². The topological polar surface area (TPSA) is 92.3 Å². The van der Waals surface area contributed by atoms with E-state index < -0.39 is 15.9 Å². The van der Waals surface area contributed by atoms with Crippen LogP contribution in [-0.4, -0.2) is 36.8 Å². The van der Waals surface area contributed by atoms with E-state index in [4.69, 9.17) is 0 Å². The van der Waals surface area contributed by atoms with Crippen LogP contribution >= 0.6 is 23.1 Å². The molecule has 0 aliphatic carbocycles. The Balaban J connectivity index is 1.84. The van der Waals surface area contributed by atoms with Gasteiger partial charge in [0.2, 0.25) is 5.13 Å². The fourth-order valence-electron chi connectivity index (χ4n) is 2.62. The molecular weight excluding hydrogens is 428 g/mol. The Kier molecular flexibility index (Phi) is 6.88. The molecule has 10 heteroatoms. The van der Waals surface area contributed by atoms with Crippen LogP contribution in [0.15, 0.2) is 63.8 Å². The van der Waals surface area contributed by atoms with Gasteiger partial charge in [-0.1, -0.05) is 54.3 Å². The number of rotatable bonds is 8. The summed E-state index contributed by atoms with van der Waals surface area (Å²) in [6.45, 7) is 4.04. The number of nitrogens with zero attached hydrogens (tertiary/aromatic N) is 3. The summed E-state index contributed by atoms with van der Waals surface area (Å²) in [6.07, 6.45) is 0. The number of aromatic nitrogens is 2. The van der Waals surface area contributed by atoms with Crippen molar-refractivity contribution in [3.8, 4) is 0 Å². The predicted molar refractivity (Wildman–Crippen MR) is 117 cm³/mol. The normalized spacial score (nSPS) is 11.2. The third kappa shape index (κ3) is 4.95. The standard InChI is InChI=1S/C19H20N4O3S3/c1-3-23(15-10-6-5-7-11-15)29(25,26)16-12-8-9-14(13-16)17(24)20-18-21-22-19(28-18)27-4-2/h5-13H,3-4H2,1-2H3,(H,20,21,24). The maximum atomic E-state index is 13.1. The first kappa shape index (κ1) is 21.3.